The molecule has 0 amide bonds. The molecular weight excluding hydrogens is 185 g/mol. The van der Waals surface area contributed by atoms with E-state index in [1.165, 1.54) is 0 Å². The lowest BCUT2D eigenvalue weighted by Gasteiger charge is -2.15. The highest BCUT2D eigenvalue weighted by atomic mass is 31.2. The van der Waals surface area contributed by atoms with E-state index in [1.54, 1.807) is 0 Å². The topological polar surface area (TPSA) is 124 Å². The number of carboxylic acid groups (broad SMARTS) is 1. The number of carboxylic acids is 1. The van der Waals surface area contributed by atoms with Gasteiger partial charge >= 0.3 is 5.97 Å². The Hall–Kier alpha value is -0.420. The van der Waals surface area contributed by atoms with Gasteiger partial charge < -0.3 is 25.2 Å². The summed E-state index contributed by atoms with van der Waals surface area (Å²) in [6, 6.07) is -1.06. The zero-order valence-electron chi connectivity index (χ0n) is 6.34. The van der Waals surface area contributed by atoms with Gasteiger partial charge in [-0.3, -0.25) is 4.79 Å². The van der Waals surface area contributed by atoms with E-state index in [1.807, 2.05) is 0 Å². The summed E-state index contributed by atoms with van der Waals surface area (Å²) < 4.78 is 10.2. The van der Waals surface area contributed by atoms with Gasteiger partial charge in [-0.15, -0.1) is 0 Å². The minimum absolute atomic E-state index is 0.0438. The van der Waals surface area contributed by atoms with Crippen LogP contribution in [0.2, 0.25) is 0 Å². The summed E-state index contributed by atoms with van der Waals surface area (Å²) in [5.41, 5.74) is 5.07. The number of aliphatic carboxylic acids is 1. The molecule has 0 radical (unpaired) electrons. The lowest BCUT2D eigenvalue weighted by atomic mass is 10.2. The molecule has 0 aliphatic rings. The monoisotopic (exact) mass is 196 g/mol. The van der Waals surface area contributed by atoms with Gasteiger partial charge in [-0.25, -0.2) is 0 Å². The first-order valence-electron chi connectivity index (χ1n) is 3.34. The first-order chi connectivity index (χ1) is 5.33. The molecule has 0 saturated heterocycles. The van der Waals surface area contributed by atoms with Crippen LogP contribution in [-0.4, -0.2) is 28.2 Å². The minimum Gasteiger partial charge on any atom is -0.779 e. The molecule has 0 aliphatic carbocycles. The van der Waals surface area contributed by atoms with Crippen molar-refractivity contribution in [2.24, 2.45) is 5.73 Å². The van der Waals surface area contributed by atoms with Crippen molar-refractivity contribution < 1.29 is 24.3 Å². The van der Waals surface area contributed by atoms with Gasteiger partial charge in [0.2, 0.25) is 0 Å². The maximum atomic E-state index is 10.2. The molecular formula is C5H11NO5P-. The van der Waals surface area contributed by atoms with Gasteiger partial charge in [-0.05, 0) is 12.8 Å². The lowest BCUT2D eigenvalue weighted by molar-refractivity contribution is -0.193. The number of hydrogen-bond acceptors (Lipinski definition) is 4. The van der Waals surface area contributed by atoms with Crippen LogP contribution < -0.4 is 10.6 Å². The van der Waals surface area contributed by atoms with E-state index in [2.05, 4.69) is 0 Å². The molecule has 0 heterocycles. The Balaban J connectivity index is 3.58. The van der Waals surface area contributed by atoms with Crippen molar-refractivity contribution in [1.82, 2.24) is 0 Å². The van der Waals surface area contributed by atoms with Crippen LogP contribution in [0.3, 0.4) is 0 Å². The summed E-state index contributed by atoms with van der Waals surface area (Å²) in [6.07, 6.45) is -0.319. The van der Waals surface area contributed by atoms with Gasteiger partial charge in [0, 0.05) is 6.16 Å². The molecule has 0 bridgehead atoms. The molecule has 0 aromatic rings. The maximum absolute atomic E-state index is 10.2. The average Bonchev–Trinajstić information content (AvgIpc) is 1.84. The maximum Gasteiger partial charge on any atom is 0.320 e. The van der Waals surface area contributed by atoms with Crippen LogP contribution >= 0.6 is 7.60 Å². The molecule has 0 saturated carbocycles. The molecule has 4 N–H and O–H groups in total. The summed E-state index contributed by atoms with van der Waals surface area (Å²) >= 11 is 0. The van der Waals surface area contributed by atoms with Crippen molar-refractivity contribution in [3.05, 3.63) is 0 Å². The number of rotatable bonds is 5. The molecule has 0 aromatic heterocycles. The Kier molecular flexibility index (Phi) is 4.41. The summed E-state index contributed by atoms with van der Waals surface area (Å²) in [5, 5.41) is 8.28. The second kappa shape index (κ2) is 4.57. The van der Waals surface area contributed by atoms with Crippen molar-refractivity contribution >= 4 is 13.6 Å². The summed E-state index contributed by atoms with van der Waals surface area (Å²) in [6.45, 7) is 0. The average molecular weight is 196 g/mol. The molecule has 0 rings (SSSR count). The van der Waals surface area contributed by atoms with E-state index >= 15 is 0 Å². The van der Waals surface area contributed by atoms with Crippen molar-refractivity contribution in [3.8, 4) is 0 Å². The molecule has 0 fully saturated rings. The number of hydrogen-bond donors (Lipinski definition) is 3. The molecule has 2 atom stereocenters. The highest BCUT2D eigenvalue weighted by Gasteiger charge is 2.11. The minimum atomic E-state index is -4.25. The van der Waals surface area contributed by atoms with Crippen LogP contribution in [0.5, 0.6) is 0 Å². The molecule has 1 unspecified atom stereocenters. The standard InChI is InChI=1S/C5H12NO5P/c6-4(5(7)8)2-1-3-12(9,10)11/h4H,1-3,6H2,(H,7,8)(H2,9,10,11)/p-1/t4-/m1/s1. The normalized spacial score (nSPS) is 18.2. The second-order valence-electron chi connectivity index (χ2n) is 2.45. The van der Waals surface area contributed by atoms with Gasteiger partial charge in [-0.2, -0.15) is 0 Å². The van der Waals surface area contributed by atoms with Gasteiger partial charge in [0.05, 0.1) is 0 Å². The Labute approximate surface area is 69.5 Å². The molecule has 6 nitrogen and oxygen atoms in total. The SMILES string of the molecule is N[C@H](CCCP(=O)([O-])O)C(=O)O. The Morgan fingerprint density at radius 2 is 2.17 bits per heavy atom. The van der Waals surface area contributed by atoms with Crippen molar-refractivity contribution in [2.45, 2.75) is 18.9 Å². The quantitative estimate of drug-likeness (QED) is 0.470. The fourth-order valence-electron chi connectivity index (χ4n) is 0.634. The van der Waals surface area contributed by atoms with Gasteiger partial charge in [0.1, 0.15) is 13.6 Å². The fraction of sp³-hybridized carbons (Fsp3) is 0.800. The van der Waals surface area contributed by atoms with Crippen LogP contribution in [0, 0.1) is 0 Å². The zero-order valence-corrected chi connectivity index (χ0v) is 7.24. The highest BCUT2D eigenvalue weighted by molar-refractivity contribution is 7.50. The summed E-state index contributed by atoms with van der Waals surface area (Å²) in [5.74, 6) is -1.17. The second-order valence-corrected chi connectivity index (χ2v) is 4.17. The van der Waals surface area contributed by atoms with E-state index in [4.69, 9.17) is 15.7 Å². The van der Waals surface area contributed by atoms with Gasteiger partial charge in [0.25, 0.3) is 0 Å². The van der Waals surface area contributed by atoms with Crippen LogP contribution in [0.1, 0.15) is 12.8 Å². The molecule has 12 heavy (non-hydrogen) atoms. The zero-order chi connectivity index (χ0) is 9.78. The van der Waals surface area contributed by atoms with E-state index in [0.717, 1.165) is 0 Å². The molecule has 0 spiro atoms. The lowest BCUT2D eigenvalue weighted by Crippen LogP contribution is -2.30. The van der Waals surface area contributed by atoms with E-state index in [9.17, 15) is 14.3 Å². The van der Waals surface area contributed by atoms with Gasteiger partial charge in [-0.1, -0.05) is 0 Å². The van der Waals surface area contributed by atoms with Crippen molar-refractivity contribution in [3.63, 3.8) is 0 Å². The molecule has 72 valence electrons. The van der Waals surface area contributed by atoms with Crippen molar-refractivity contribution in [1.29, 1.82) is 0 Å². The third-order valence-corrected chi connectivity index (χ3v) is 2.15. The van der Waals surface area contributed by atoms with Crippen LogP contribution in [0.4, 0.5) is 0 Å². The Morgan fingerprint density at radius 3 is 2.50 bits per heavy atom. The van der Waals surface area contributed by atoms with Crippen LogP contribution in [0.25, 0.3) is 0 Å². The van der Waals surface area contributed by atoms with E-state index < -0.39 is 25.8 Å². The third-order valence-electron chi connectivity index (χ3n) is 1.27. The predicted molar refractivity (Wildman–Crippen MR) is 39.5 cm³/mol. The Morgan fingerprint density at radius 1 is 1.67 bits per heavy atom. The summed E-state index contributed by atoms with van der Waals surface area (Å²) in [7, 11) is -4.25. The highest BCUT2D eigenvalue weighted by Crippen LogP contribution is 2.29. The molecule has 0 aliphatic heterocycles. The largest absolute Gasteiger partial charge is 0.779 e. The number of nitrogens with two attached hydrogens (primary N) is 1. The summed E-state index contributed by atoms with van der Waals surface area (Å²) in [4.78, 5) is 28.6. The van der Waals surface area contributed by atoms with Crippen LogP contribution in [-0.2, 0) is 9.36 Å². The number of carbonyl (C=O) groups is 1. The fourth-order valence-corrected chi connectivity index (χ4v) is 1.22. The Bertz CT molecular complexity index is 200. The predicted octanol–water partition coefficient (Wildman–Crippen LogP) is -1.28. The van der Waals surface area contributed by atoms with Crippen molar-refractivity contribution in [2.75, 3.05) is 6.16 Å². The van der Waals surface area contributed by atoms with Crippen LogP contribution in [0.15, 0.2) is 0 Å². The smallest absolute Gasteiger partial charge is 0.320 e. The first kappa shape index (κ1) is 11.6. The molecule has 7 heteroatoms. The first-order valence-corrected chi connectivity index (χ1v) is 5.10. The van der Waals surface area contributed by atoms with E-state index in [-0.39, 0.29) is 12.8 Å². The third kappa shape index (κ3) is 6.30. The van der Waals surface area contributed by atoms with E-state index in [0.29, 0.717) is 0 Å². The molecule has 0 aromatic carbocycles. The van der Waals surface area contributed by atoms with Gasteiger partial charge in [0.15, 0.2) is 0 Å².